The second-order valence-corrected chi connectivity index (χ2v) is 4.96. The smallest absolute Gasteiger partial charge is 0.241 e. The number of nitrogens with one attached hydrogen (secondary N) is 2. The fraction of sp³-hybridized carbons (Fsp3) is 0.400. The minimum absolute atomic E-state index is 0.0138. The molecule has 0 radical (unpaired) electrons. The summed E-state index contributed by atoms with van der Waals surface area (Å²) in [6, 6.07) is 8.59. The maximum atomic E-state index is 12.3. The molecule has 0 bridgehead atoms. The van der Waals surface area contributed by atoms with E-state index >= 15 is 0 Å². The van der Waals surface area contributed by atoms with Crippen LogP contribution >= 0.6 is 0 Å². The van der Waals surface area contributed by atoms with Crippen molar-refractivity contribution in [3.8, 4) is 6.07 Å². The van der Waals surface area contributed by atoms with Crippen LogP contribution in [0.3, 0.4) is 0 Å². The first kappa shape index (κ1) is 15.0. The van der Waals surface area contributed by atoms with E-state index in [1.165, 1.54) is 0 Å². The Labute approximate surface area is 123 Å². The summed E-state index contributed by atoms with van der Waals surface area (Å²) in [7, 11) is 0. The van der Waals surface area contributed by atoms with Crippen molar-refractivity contribution in [2.24, 2.45) is 0 Å². The van der Waals surface area contributed by atoms with Gasteiger partial charge in [0.05, 0.1) is 17.3 Å². The highest BCUT2D eigenvalue weighted by atomic mass is 16.2. The minimum Gasteiger partial charge on any atom is -0.355 e. The first-order valence-electron chi connectivity index (χ1n) is 6.92. The summed E-state index contributed by atoms with van der Waals surface area (Å²) in [5.74, 6) is -0.160. The molecule has 1 heterocycles. The van der Waals surface area contributed by atoms with Crippen LogP contribution in [0.1, 0.15) is 18.9 Å². The molecule has 2 rings (SSSR count). The highest BCUT2D eigenvalue weighted by Crippen LogP contribution is 2.15. The molecule has 0 aliphatic carbocycles. The number of hydrogen-bond acceptors (Lipinski definition) is 4. The van der Waals surface area contributed by atoms with E-state index in [2.05, 4.69) is 16.7 Å². The Bertz CT molecular complexity index is 579. The third kappa shape index (κ3) is 3.80. The Morgan fingerprint density at radius 3 is 2.95 bits per heavy atom. The van der Waals surface area contributed by atoms with E-state index in [9.17, 15) is 9.59 Å². The van der Waals surface area contributed by atoms with Crippen molar-refractivity contribution < 1.29 is 9.59 Å². The molecule has 0 spiro atoms. The maximum absolute atomic E-state index is 12.3. The van der Waals surface area contributed by atoms with Crippen LogP contribution in [0.5, 0.6) is 0 Å². The van der Waals surface area contributed by atoms with Crippen molar-refractivity contribution in [2.45, 2.75) is 19.4 Å². The molecule has 0 saturated carbocycles. The predicted octanol–water partition coefficient (Wildman–Crippen LogP) is 0.707. The van der Waals surface area contributed by atoms with E-state index in [0.717, 1.165) is 0 Å². The van der Waals surface area contributed by atoms with Crippen LogP contribution in [0.15, 0.2) is 24.3 Å². The molecule has 6 heteroatoms. The van der Waals surface area contributed by atoms with Crippen molar-refractivity contribution in [3.05, 3.63) is 29.8 Å². The number of para-hydroxylation sites is 1. The van der Waals surface area contributed by atoms with Crippen molar-refractivity contribution in [2.75, 3.05) is 25.0 Å². The second kappa shape index (κ2) is 6.86. The van der Waals surface area contributed by atoms with Crippen molar-refractivity contribution in [3.63, 3.8) is 0 Å². The van der Waals surface area contributed by atoms with Gasteiger partial charge in [-0.3, -0.25) is 14.5 Å². The van der Waals surface area contributed by atoms with Crippen molar-refractivity contribution in [1.29, 1.82) is 5.26 Å². The zero-order chi connectivity index (χ0) is 15.2. The third-order valence-electron chi connectivity index (χ3n) is 3.58. The summed E-state index contributed by atoms with van der Waals surface area (Å²) in [4.78, 5) is 25.6. The average molecular weight is 286 g/mol. The molecule has 6 nitrogen and oxygen atoms in total. The van der Waals surface area contributed by atoms with Gasteiger partial charge in [-0.2, -0.15) is 5.26 Å². The lowest BCUT2D eigenvalue weighted by molar-refractivity contribution is -0.122. The largest absolute Gasteiger partial charge is 0.355 e. The maximum Gasteiger partial charge on any atom is 0.241 e. The van der Waals surface area contributed by atoms with E-state index in [-0.39, 0.29) is 17.9 Å². The van der Waals surface area contributed by atoms with Gasteiger partial charge in [0.2, 0.25) is 11.8 Å². The van der Waals surface area contributed by atoms with Gasteiger partial charge in [0, 0.05) is 26.1 Å². The molecule has 1 fully saturated rings. The number of nitriles is 1. The number of benzene rings is 1. The van der Waals surface area contributed by atoms with E-state index in [4.69, 9.17) is 5.26 Å². The number of nitrogens with zero attached hydrogens (tertiary/aromatic N) is 2. The fourth-order valence-corrected chi connectivity index (χ4v) is 2.26. The predicted molar refractivity (Wildman–Crippen MR) is 78.4 cm³/mol. The Morgan fingerprint density at radius 1 is 1.43 bits per heavy atom. The van der Waals surface area contributed by atoms with Crippen LogP contribution in [0, 0.1) is 11.3 Å². The lowest BCUT2D eigenvalue weighted by Gasteiger charge is -2.26. The third-order valence-corrected chi connectivity index (χ3v) is 3.58. The van der Waals surface area contributed by atoms with Gasteiger partial charge in [-0.1, -0.05) is 12.1 Å². The van der Waals surface area contributed by atoms with Crippen molar-refractivity contribution >= 4 is 17.5 Å². The summed E-state index contributed by atoms with van der Waals surface area (Å²) in [6.45, 7) is 3.55. The van der Waals surface area contributed by atoms with E-state index in [1.807, 2.05) is 4.90 Å². The van der Waals surface area contributed by atoms with Gasteiger partial charge in [0.25, 0.3) is 0 Å². The number of rotatable bonds is 3. The number of amides is 2. The molecule has 1 saturated heterocycles. The number of carbonyl (C=O) groups excluding carboxylic acids is 2. The minimum atomic E-state index is -0.357. The van der Waals surface area contributed by atoms with Crippen LogP contribution in [0.25, 0.3) is 0 Å². The Morgan fingerprint density at radius 2 is 2.19 bits per heavy atom. The molecule has 1 unspecified atom stereocenters. The lowest BCUT2D eigenvalue weighted by atomic mass is 10.1. The zero-order valence-corrected chi connectivity index (χ0v) is 11.9. The van der Waals surface area contributed by atoms with Gasteiger partial charge in [-0.25, -0.2) is 0 Å². The first-order chi connectivity index (χ1) is 10.1. The SMILES string of the molecule is CC(C(=O)Nc1ccccc1C#N)N1CCNC(=O)CC1. The molecular formula is C15H18N4O2. The van der Waals surface area contributed by atoms with Crippen molar-refractivity contribution in [1.82, 2.24) is 10.2 Å². The molecule has 1 atom stereocenters. The fourth-order valence-electron chi connectivity index (χ4n) is 2.26. The molecule has 0 aromatic heterocycles. The number of hydrogen-bond donors (Lipinski definition) is 2. The number of carbonyl (C=O) groups is 2. The molecule has 1 aromatic rings. The molecule has 21 heavy (non-hydrogen) atoms. The molecule has 2 N–H and O–H groups in total. The molecule has 1 aliphatic rings. The summed E-state index contributed by atoms with van der Waals surface area (Å²) < 4.78 is 0. The van der Waals surface area contributed by atoms with Gasteiger partial charge in [-0.15, -0.1) is 0 Å². The Kier molecular flexibility index (Phi) is 4.90. The van der Waals surface area contributed by atoms with Crippen LogP contribution in [-0.2, 0) is 9.59 Å². The van der Waals surface area contributed by atoms with Gasteiger partial charge in [0.15, 0.2) is 0 Å². The van der Waals surface area contributed by atoms with Gasteiger partial charge in [0.1, 0.15) is 6.07 Å². The van der Waals surface area contributed by atoms with E-state index < -0.39 is 0 Å². The van der Waals surface area contributed by atoms with Gasteiger partial charge < -0.3 is 10.6 Å². The standard InChI is InChI=1S/C15H18N4O2/c1-11(19-8-6-14(20)17-7-9-19)15(21)18-13-5-3-2-4-12(13)10-16/h2-5,11H,6-9H2,1H3,(H,17,20)(H,18,21). The first-order valence-corrected chi connectivity index (χ1v) is 6.92. The topological polar surface area (TPSA) is 85.2 Å². The van der Waals surface area contributed by atoms with Crippen LogP contribution < -0.4 is 10.6 Å². The highest BCUT2D eigenvalue weighted by Gasteiger charge is 2.24. The van der Waals surface area contributed by atoms with Gasteiger partial charge in [-0.05, 0) is 19.1 Å². The molecule has 1 aliphatic heterocycles. The summed E-state index contributed by atoms with van der Waals surface area (Å²) in [5.41, 5.74) is 0.951. The summed E-state index contributed by atoms with van der Waals surface area (Å²) in [6.07, 6.45) is 0.395. The van der Waals surface area contributed by atoms with E-state index in [1.54, 1.807) is 31.2 Å². The summed E-state index contributed by atoms with van der Waals surface area (Å²) >= 11 is 0. The monoisotopic (exact) mass is 286 g/mol. The van der Waals surface area contributed by atoms with Crippen LogP contribution in [-0.4, -0.2) is 42.4 Å². The Balaban J connectivity index is 2.02. The molecular weight excluding hydrogens is 268 g/mol. The second-order valence-electron chi connectivity index (χ2n) is 4.96. The zero-order valence-electron chi connectivity index (χ0n) is 11.9. The highest BCUT2D eigenvalue weighted by molar-refractivity contribution is 5.95. The normalized spacial score (nSPS) is 17.2. The molecule has 1 aromatic carbocycles. The van der Waals surface area contributed by atoms with E-state index in [0.29, 0.717) is 37.3 Å². The van der Waals surface area contributed by atoms with Crippen LogP contribution in [0.4, 0.5) is 5.69 Å². The molecule has 110 valence electrons. The lowest BCUT2D eigenvalue weighted by Crippen LogP contribution is -2.43. The van der Waals surface area contributed by atoms with Gasteiger partial charge >= 0.3 is 0 Å². The van der Waals surface area contributed by atoms with Crippen LogP contribution in [0.2, 0.25) is 0 Å². The quantitative estimate of drug-likeness (QED) is 0.857. The molecule has 2 amide bonds. The Hall–Kier alpha value is -2.39. The number of anilines is 1. The summed E-state index contributed by atoms with van der Waals surface area (Å²) in [5, 5.41) is 14.6. The average Bonchev–Trinajstić information content (AvgIpc) is 2.71.